The molecule has 0 aliphatic carbocycles. The molecular formula is C10H13ClN2O2. The Balaban J connectivity index is 2.88. The van der Waals surface area contributed by atoms with Crippen LogP contribution in [-0.2, 0) is 0 Å². The van der Waals surface area contributed by atoms with E-state index in [9.17, 15) is 10.1 Å². The Morgan fingerprint density at radius 3 is 2.73 bits per heavy atom. The van der Waals surface area contributed by atoms with Crippen molar-refractivity contribution in [1.29, 1.82) is 0 Å². The average molecular weight is 229 g/mol. The van der Waals surface area contributed by atoms with Crippen LogP contribution in [0.5, 0.6) is 0 Å². The number of hydrogen-bond acceptors (Lipinski definition) is 3. The summed E-state index contributed by atoms with van der Waals surface area (Å²) in [5.41, 5.74) is 0.742. The molecule has 0 radical (unpaired) electrons. The number of hydrogen-bond donors (Lipinski definition) is 1. The van der Waals surface area contributed by atoms with E-state index in [-0.39, 0.29) is 5.69 Å². The molecule has 4 nitrogen and oxygen atoms in total. The summed E-state index contributed by atoms with van der Waals surface area (Å²) >= 11 is 5.91. The molecule has 0 heterocycles. The zero-order valence-electron chi connectivity index (χ0n) is 8.66. The molecule has 0 unspecified atom stereocenters. The number of rotatable bonds is 4. The maximum absolute atomic E-state index is 10.5. The third kappa shape index (κ3) is 3.09. The molecule has 0 saturated carbocycles. The van der Waals surface area contributed by atoms with Crippen molar-refractivity contribution in [1.82, 2.24) is 0 Å². The zero-order chi connectivity index (χ0) is 11.4. The molecule has 1 atom stereocenters. The van der Waals surface area contributed by atoms with Crippen molar-refractivity contribution in [3.05, 3.63) is 33.3 Å². The summed E-state index contributed by atoms with van der Waals surface area (Å²) in [5, 5.41) is 14.0. The Morgan fingerprint density at radius 2 is 2.27 bits per heavy atom. The SMILES string of the molecule is CC[C@@H](C)Nc1ccc([N+](=O)[O-])cc1Cl. The van der Waals surface area contributed by atoms with Crippen molar-refractivity contribution in [2.75, 3.05) is 5.32 Å². The molecule has 0 aliphatic rings. The quantitative estimate of drug-likeness (QED) is 0.634. The monoisotopic (exact) mass is 228 g/mol. The lowest BCUT2D eigenvalue weighted by molar-refractivity contribution is -0.384. The summed E-state index contributed by atoms with van der Waals surface area (Å²) in [6.45, 7) is 4.08. The number of benzene rings is 1. The number of anilines is 1. The van der Waals surface area contributed by atoms with E-state index in [0.29, 0.717) is 11.1 Å². The smallest absolute Gasteiger partial charge is 0.271 e. The van der Waals surface area contributed by atoms with Crippen LogP contribution in [0.25, 0.3) is 0 Å². The van der Waals surface area contributed by atoms with Crippen molar-refractivity contribution in [3.8, 4) is 0 Å². The van der Waals surface area contributed by atoms with E-state index in [0.717, 1.165) is 12.1 Å². The lowest BCUT2D eigenvalue weighted by Crippen LogP contribution is -2.13. The molecule has 0 spiro atoms. The summed E-state index contributed by atoms with van der Waals surface area (Å²) in [5.74, 6) is 0. The van der Waals surface area contributed by atoms with Gasteiger partial charge >= 0.3 is 0 Å². The van der Waals surface area contributed by atoms with Gasteiger partial charge in [-0.3, -0.25) is 10.1 Å². The van der Waals surface area contributed by atoms with Crippen LogP contribution >= 0.6 is 11.6 Å². The molecule has 0 aliphatic heterocycles. The van der Waals surface area contributed by atoms with Crippen LogP contribution in [0.15, 0.2) is 18.2 Å². The predicted molar refractivity (Wildman–Crippen MR) is 61.5 cm³/mol. The molecule has 15 heavy (non-hydrogen) atoms. The summed E-state index contributed by atoms with van der Waals surface area (Å²) in [7, 11) is 0. The van der Waals surface area contributed by atoms with E-state index in [1.165, 1.54) is 12.1 Å². The second-order valence-electron chi connectivity index (χ2n) is 3.37. The van der Waals surface area contributed by atoms with Gasteiger partial charge in [-0.2, -0.15) is 0 Å². The molecule has 0 bridgehead atoms. The number of nitro groups is 1. The summed E-state index contributed by atoms with van der Waals surface area (Å²) in [6, 6.07) is 4.72. The number of nitrogens with zero attached hydrogens (tertiary/aromatic N) is 1. The van der Waals surface area contributed by atoms with Crippen LogP contribution in [0.1, 0.15) is 20.3 Å². The Kier molecular flexibility index (Phi) is 3.91. The fourth-order valence-corrected chi connectivity index (χ4v) is 1.33. The van der Waals surface area contributed by atoms with Crippen molar-refractivity contribution >= 4 is 23.0 Å². The zero-order valence-corrected chi connectivity index (χ0v) is 9.41. The topological polar surface area (TPSA) is 55.2 Å². The maximum atomic E-state index is 10.5. The molecule has 0 saturated heterocycles. The second kappa shape index (κ2) is 4.98. The van der Waals surface area contributed by atoms with Gasteiger partial charge in [-0.15, -0.1) is 0 Å². The van der Waals surface area contributed by atoms with Crippen molar-refractivity contribution < 1.29 is 4.92 Å². The molecular weight excluding hydrogens is 216 g/mol. The highest BCUT2D eigenvalue weighted by Crippen LogP contribution is 2.27. The van der Waals surface area contributed by atoms with E-state index in [4.69, 9.17) is 11.6 Å². The minimum Gasteiger partial charge on any atom is -0.381 e. The third-order valence-corrected chi connectivity index (χ3v) is 2.49. The largest absolute Gasteiger partial charge is 0.381 e. The Labute approximate surface area is 93.4 Å². The van der Waals surface area contributed by atoms with E-state index in [2.05, 4.69) is 12.2 Å². The van der Waals surface area contributed by atoms with Crippen LogP contribution < -0.4 is 5.32 Å². The number of nitro benzene ring substituents is 1. The fourth-order valence-electron chi connectivity index (χ4n) is 1.10. The van der Waals surface area contributed by atoms with Crippen LogP contribution in [0.4, 0.5) is 11.4 Å². The lowest BCUT2D eigenvalue weighted by atomic mass is 10.2. The molecule has 5 heteroatoms. The minimum atomic E-state index is -0.459. The van der Waals surface area contributed by atoms with Gasteiger partial charge in [0.15, 0.2) is 0 Å². The predicted octanol–water partition coefficient (Wildman–Crippen LogP) is 3.46. The van der Waals surface area contributed by atoms with Crippen LogP contribution in [0.2, 0.25) is 5.02 Å². The normalized spacial score (nSPS) is 12.2. The van der Waals surface area contributed by atoms with Crippen molar-refractivity contribution in [3.63, 3.8) is 0 Å². The molecule has 82 valence electrons. The number of halogens is 1. The maximum Gasteiger partial charge on any atom is 0.271 e. The molecule has 1 aromatic rings. The first-order valence-electron chi connectivity index (χ1n) is 4.75. The third-order valence-electron chi connectivity index (χ3n) is 2.18. The first-order valence-corrected chi connectivity index (χ1v) is 5.13. The van der Waals surface area contributed by atoms with Gasteiger partial charge in [0, 0.05) is 18.2 Å². The van der Waals surface area contributed by atoms with Crippen molar-refractivity contribution in [2.24, 2.45) is 0 Å². The van der Waals surface area contributed by atoms with Crippen LogP contribution in [-0.4, -0.2) is 11.0 Å². The van der Waals surface area contributed by atoms with Gasteiger partial charge in [0.1, 0.15) is 0 Å². The van der Waals surface area contributed by atoms with Crippen LogP contribution in [0.3, 0.4) is 0 Å². The molecule has 0 amide bonds. The van der Waals surface area contributed by atoms with Gasteiger partial charge in [-0.1, -0.05) is 18.5 Å². The van der Waals surface area contributed by atoms with Gasteiger partial charge in [0.05, 0.1) is 15.6 Å². The molecule has 1 rings (SSSR count). The highest BCUT2D eigenvalue weighted by molar-refractivity contribution is 6.33. The average Bonchev–Trinajstić information content (AvgIpc) is 2.20. The summed E-state index contributed by atoms with van der Waals surface area (Å²) < 4.78 is 0. The molecule has 0 aromatic heterocycles. The Hall–Kier alpha value is -1.29. The lowest BCUT2D eigenvalue weighted by Gasteiger charge is -2.13. The van der Waals surface area contributed by atoms with Gasteiger partial charge < -0.3 is 5.32 Å². The van der Waals surface area contributed by atoms with Gasteiger partial charge in [-0.05, 0) is 19.4 Å². The summed E-state index contributed by atoms with van der Waals surface area (Å²) in [6.07, 6.45) is 0.966. The van der Waals surface area contributed by atoms with E-state index in [1.54, 1.807) is 6.07 Å². The molecule has 1 N–H and O–H groups in total. The molecule has 0 fully saturated rings. The standard InChI is InChI=1S/C10H13ClN2O2/c1-3-7(2)12-10-5-4-8(13(14)15)6-9(10)11/h4-7,12H,3H2,1-2H3/t7-/m1/s1. The second-order valence-corrected chi connectivity index (χ2v) is 3.78. The van der Waals surface area contributed by atoms with Gasteiger partial charge in [-0.25, -0.2) is 0 Å². The van der Waals surface area contributed by atoms with E-state index < -0.39 is 4.92 Å². The highest BCUT2D eigenvalue weighted by atomic mass is 35.5. The van der Waals surface area contributed by atoms with E-state index in [1.807, 2.05) is 6.92 Å². The number of nitrogens with one attached hydrogen (secondary N) is 1. The van der Waals surface area contributed by atoms with E-state index >= 15 is 0 Å². The fraction of sp³-hybridized carbons (Fsp3) is 0.400. The minimum absolute atomic E-state index is 0.00898. The van der Waals surface area contributed by atoms with Crippen LogP contribution in [0, 0.1) is 10.1 Å². The highest BCUT2D eigenvalue weighted by Gasteiger charge is 2.10. The summed E-state index contributed by atoms with van der Waals surface area (Å²) in [4.78, 5) is 10.0. The molecule has 1 aromatic carbocycles. The first-order chi connectivity index (χ1) is 7.04. The van der Waals surface area contributed by atoms with Gasteiger partial charge in [0.2, 0.25) is 0 Å². The first kappa shape index (κ1) is 11.8. The Bertz CT molecular complexity index is 368. The Morgan fingerprint density at radius 1 is 1.60 bits per heavy atom. The number of non-ortho nitro benzene ring substituents is 1. The van der Waals surface area contributed by atoms with Crippen molar-refractivity contribution in [2.45, 2.75) is 26.3 Å². The van der Waals surface area contributed by atoms with Gasteiger partial charge in [0.25, 0.3) is 5.69 Å².